The number of nitriles is 1. The number of hydrogen-bond acceptors (Lipinski definition) is 4. The monoisotopic (exact) mass is 314 g/mol. The molecule has 1 unspecified atom stereocenters. The van der Waals surface area contributed by atoms with Gasteiger partial charge in [0.15, 0.2) is 0 Å². The third kappa shape index (κ3) is 3.43. The summed E-state index contributed by atoms with van der Waals surface area (Å²) in [5.41, 5.74) is 2.09. The molecule has 0 saturated carbocycles. The van der Waals surface area contributed by atoms with Crippen LogP contribution in [0.25, 0.3) is 0 Å². The summed E-state index contributed by atoms with van der Waals surface area (Å²) in [6.45, 7) is 5.89. The number of hydrogen-bond donors (Lipinski definition) is 1. The van der Waals surface area contributed by atoms with Crippen LogP contribution in [-0.4, -0.2) is 23.0 Å². The predicted octanol–water partition coefficient (Wildman–Crippen LogP) is 3.86. The van der Waals surface area contributed by atoms with E-state index in [2.05, 4.69) is 16.4 Å². The van der Waals surface area contributed by atoms with Gasteiger partial charge in [-0.05, 0) is 39.0 Å². The van der Waals surface area contributed by atoms with Gasteiger partial charge < -0.3 is 10.2 Å². The Morgan fingerprint density at radius 2 is 2.18 bits per heavy atom. The number of amides is 2. The Bertz CT molecular complexity index is 732. The lowest BCUT2D eigenvalue weighted by molar-refractivity contribution is 0.209. The van der Waals surface area contributed by atoms with Crippen LogP contribution in [-0.2, 0) is 0 Å². The normalized spacial score (nSPS) is 11.6. The Morgan fingerprint density at radius 1 is 1.45 bits per heavy atom. The summed E-state index contributed by atoms with van der Waals surface area (Å²) in [7, 11) is 1.75. The molecule has 0 saturated heterocycles. The molecule has 5 nitrogen and oxygen atoms in total. The molecular weight excluding hydrogens is 296 g/mol. The van der Waals surface area contributed by atoms with E-state index in [0.717, 1.165) is 15.6 Å². The lowest BCUT2D eigenvalue weighted by atomic mass is 10.2. The van der Waals surface area contributed by atoms with E-state index in [1.807, 2.05) is 20.8 Å². The molecule has 0 aliphatic rings. The van der Waals surface area contributed by atoms with Gasteiger partial charge in [0.2, 0.25) is 0 Å². The number of nitrogens with zero attached hydrogens (tertiary/aromatic N) is 3. The molecule has 1 N–H and O–H groups in total. The maximum Gasteiger partial charge on any atom is 0.322 e. The highest BCUT2D eigenvalue weighted by molar-refractivity contribution is 7.11. The van der Waals surface area contributed by atoms with Crippen LogP contribution in [0.1, 0.15) is 34.1 Å². The van der Waals surface area contributed by atoms with Crippen molar-refractivity contribution in [2.45, 2.75) is 26.8 Å². The zero-order chi connectivity index (χ0) is 16.3. The summed E-state index contributed by atoms with van der Waals surface area (Å²) in [6.07, 6.45) is 0. The summed E-state index contributed by atoms with van der Waals surface area (Å²) in [5.74, 6) is 0. The van der Waals surface area contributed by atoms with E-state index in [1.165, 1.54) is 0 Å². The number of carbonyl (C=O) groups is 1. The number of urea groups is 1. The molecule has 2 amide bonds. The molecule has 2 rings (SSSR count). The summed E-state index contributed by atoms with van der Waals surface area (Å²) in [4.78, 5) is 19.5. The Hall–Kier alpha value is -2.39. The van der Waals surface area contributed by atoms with Crippen molar-refractivity contribution in [2.24, 2.45) is 0 Å². The molecule has 1 aromatic heterocycles. The number of aromatic nitrogens is 1. The maximum atomic E-state index is 12.4. The third-order valence-corrected chi connectivity index (χ3v) is 4.71. The fourth-order valence-electron chi connectivity index (χ4n) is 2.16. The largest absolute Gasteiger partial charge is 0.322 e. The van der Waals surface area contributed by atoms with Gasteiger partial charge >= 0.3 is 6.03 Å². The first-order valence-electron chi connectivity index (χ1n) is 6.90. The van der Waals surface area contributed by atoms with Gasteiger partial charge in [-0.1, -0.05) is 6.07 Å². The molecule has 2 aromatic rings. The Balaban J connectivity index is 2.11. The number of carbonyl (C=O) groups excluding carboxylic acids is 1. The van der Waals surface area contributed by atoms with E-state index in [-0.39, 0.29) is 12.1 Å². The lowest BCUT2D eigenvalue weighted by Gasteiger charge is -2.24. The fraction of sp³-hybridized carbons (Fsp3) is 0.312. The van der Waals surface area contributed by atoms with Gasteiger partial charge in [-0.2, -0.15) is 5.26 Å². The van der Waals surface area contributed by atoms with Crippen molar-refractivity contribution in [3.63, 3.8) is 0 Å². The lowest BCUT2D eigenvalue weighted by Crippen LogP contribution is -2.33. The molecule has 1 atom stereocenters. The zero-order valence-electron chi connectivity index (χ0n) is 13.0. The van der Waals surface area contributed by atoms with Crippen molar-refractivity contribution >= 4 is 23.1 Å². The molecule has 22 heavy (non-hydrogen) atoms. The van der Waals surface area contributed by atoms with Crippen molar-refractivity contribution in [1.29, 1.82) is 5.26 Å². The van der Waals surface area contributed by atoms with Crippen LogP contribution >= 0.6 is 11.3 Å². The standard InChI is InChI=1S/C16H18N4OS/c1-10-15(22-12(3)18-10)11(2)20(4)16(21)19-14-7-5-6-13(8-14)9-17/h5-8,11H,1-4H3,(H,19,21). The minimum atomic E-state index is -0.215. The van der Waals surface area contributed by atoms with E-state index < -0.39 is 0 Å². The average Bonchev–Trinajstić information content (AvgIpc) is 2.84. The first-order valence-corrected chi connectivity index (χ1v) is 7.72. The summed E-state index contributed by atoms with van der Waals surface area (Å²) in [6, 6.07) is 8.64. The van der Waals surface area contributed by atoms with E-state index >= 15 is 0 Å². The summed E-state index contributed by atoms with van der Waals surface area (Å²) < 4.78 is 0. The van der Waals surface area contributed by atoms with Gasteiger partial charge in [-0.15, -0.1) is 11.3 Å². The van der Waals surface area contributed by atoms with Crippen LogP contribution in [0, 0.1) is 25.2 Å². The molecule has 0 spiro atoms. The van der Waals surface area contributed by atoms with Crippen LogP contribution in [0.15, 0.2) is 24.3 Å². The molecule has 1 heterocycles. The van der Waals surface area contributed by atoms with Crippen LogP contribution in [0.3, 0.4) is 0 Å². The molecule has 0 bridgehead atoms. The van der Waals surface area contributed by atoms with E-state index in [1.54, 1.807) is 47.5 Å². The zero-order valence-corrected chi connectivity index (χ0v) is 13.9. The van der Waals surface area contributed by atoms with Crippen LogP contribution in [0.2, 0.25) is 0 Å². The number of nitrogens with one attached hydrogen (secondary N) is 1. The highest BCUT2D eigenvalue weighted by Crippen LogP contribution is 2.28. The van der Waals surface area contributed by atoms with Crippen molar-refractivity contribution in [2.75, 3.05) is 12.4 Å². The predicted molar refractivity (Wildman–Crippen MR) is 87.9 cm³/mol. The van der Waals surface area contributed by atoms with Gasteiger partial charge in [-0.3, -0.25) is 0 Å². The number of anilines is 1. The second-order valence-corrected chi connectivity index (χ2v) is 6.33. The number of aryl methyl sites for hydroxylation is 2. The van der Waals surface area contributed by atoms with Crippen molar-refractivity contribution in [3.05, 3.63) is 45.4 Å². The SMILES string of the molecule is Cc1nc(C)c(C(C)N(C)C(=O)Nc2cccc(C#N)c2)s1. The van der Waals surface area contributed by atoms with Gasteiger partial charge in [0.25, 0.3) is 0 Å². The van der Waals surface area contributed by atoms with Gasteiger partial charge in [0, 0.05) is 17.6 Å². The Morgan fingerprint density at radius 3 is 2.77 bits per heavy atom. The topological polar surface area (TPSA) is 69.0 Å². The highest BCUT2D eigenvalue weighted by atomic mass is 32.1. The third-order valence-electron chi connectivity index (χ3n) is 3.46. The maximum absolute atomic E-state index is 12.4. The molecule has 1 aromatic carbocycles. The van der Waals surface area contributed by atoms with Gasteiger partial charge in [-0.25, -0.2) is 9.78 Å². The second-order valence-electron chi connectivity index (χ2n) is 5.09. The number of rotatable bonds is 3. The molecule has 6 heteroatoms. The molecule has 0 fully saturated rings. The Kier molecular flexibility index (Phi) is 4.78. The van der Waals surface area contributed by atoms with E-state index in [0.29, 0.717) is 11.3 Å². The van der Waals surface area contributed by atoms with Crippen LogP contribution in [0.5, 0.6) is 0 Å². The minimum absolute atomic E-state index is 0.0645. The average molecular weight is 314 g/mol. The van der Waals surface area contributed by atoms with Gasteiger partial charge in [0.1, 0.15) is 0 Å². The smallest absolute Gasteiger partial charge is 0.320 e. The van der Waals surface area contributed by atoms with Crippen molar-refractivity contribution < 1.29 is 4.79 Å². The van der Waals surface area contributed by atoms with Gasteiger partial charge in [0.05, 0.1) is 28.4 Å². The van der Waals surface area contributed by atoms with Crippen molar-refractivity contribution in [1.82, 2.24) is 9.88 Å². The van der Waals surface area contributed by atoms with Crippen LogP contribution in [0.4, 0.5) is 10.5 Å². The first kappa shape index (κ1) is 16.0. The molecule has 0 radical (unpaired) electrons. The quantitative estimate of drug-likeness (QED) is 0.935. The second kappa shape index (κ2) is 6.58. The minimum Gasteiger partial charge on any atom is -0.320 e. The number of thiazole rings is 1. The highest BCUT2D eigenvalue weighted by Gasteiger charge is 2.21. The molecular formula is C16H18N4OS. The first-order chi connectivity index (χ1) is 10.4. The van der Waals surface area contributed by atoms with E-state index in [4.69, 9.17) is 5.26 Å². The number of benzene rings is 1. The Labute approximate surface area is 134 Å². The molecule has 114 valence electrons. The van der Waals surface area contributed by atoms with Crippen LogP contribution < -0.4 is 5.32 Å². The summed E-state index contributed by atoms with van der Waals surface area (Å²) >= 11 is 1.60. The molecule has 0 aliphatic carbocycles. The molecule has 0 aliphatic heterocycles. The fourth-order valence-corrected chi connectivity index (χ4v) is 3.19. The summed E-state index contributed by atoms with van der Waals surface area (Å²) in [5, 5.41) is 12.7. The van der Waals surface area contributed by atoms with E-state index in [9.17, 15) is 4.79 Å². The van der Waals surface area contributed by atoms with Crippen molar-refractivity contribution in [3.8, 4) is 6.07 Å².